The smallest absolute Gasteiger partial charge is 0.306 e. The van der Waals surface area contributed by atoms with Crippen LogP contribution in [-0.4, -0.2) is 69.2 Å². The number of likely N-dealkylation sites (tertiary alicyclic amines) is 1. The molecule has 2 heterocycles. The van der Waals surface area contributed by atoms with Crippen molar-refractivity contribution in [1.29, 1.82) is 0 Å². The molecule has 1 N–H and O–H groups in total. The molecule has 7 rings (SSSR count). The zero-order valence-corrected chi connectivity index (χ0v) is 27.9. The summed E-state index contributed by atoms with van der Waals surface area (Å²) in [5.41, 5.74) is 1.59. The number of carboxylic acid groups (broad SMARTS) is 1. The Balaban J connectivity index is 1.02. The van der Waals surface area contributed by atoms with Gasteiger partial charge in [-0.1, -0.05) is 6.42 Å². The van der Waals surface area contributed by atoms with Gasteiger partial charge in [0.15, 0.2) is 0 Å². The second-order valence-electron chi connectivity index (χ2n) is 16.1. The van der Waals surface area contributed by atoms with Crippen LogP contribution in [0.2, 0.25) is 0 Å². The van der Waals surface area contributed by atoms with E-state index < -0.39 is 5.97 Å². The summed E-state index contributed by atoms with van der Waals surface area (Å²) in [6.07, 6.45) is 23.5. The van der Waals surface area contributed by atoms with Crippen molar-refractivity contribution in [3.8, 4) is 0 Å². The zero-order chi connectivity index (χ0) is 29.5. The molecule has 2 aliphatic heterocycles. The standard InChI is InChI=1S/C36H57Cl2N3O2/c37-29-9-4-24(5-10-29)34(25-6-11-30(38)12-7-25)27-8-15-33-32(21-27)35(39-41(33)31-13-14-31)26-16-18-40(19-17-26)22-23-2-1-3-28(20-23)36(42)43/h23-34H,1-22H2,(H,42,43). The number of hydrogen-bond acceptors (Lipinski definition) is 4. The van der Waals surface area contributed by atoms with Crippen molar-refractivity contribution in [1.82, 2.24) is 9.91 Å². The number of rotatable bonds is 8. The number of fused-ring (bicyclic) bond motifs is 1. The van der Waals surface area contributed by atoms with Gasteiger partial charge >= 0.3 is 5.97 Å². The molecule has 0 bridgehead atoms. The molecule has 1 saturated heterocycles. The van der Waals surface area contributed by atoms with E-state index in [1.54, 1.807) is 5.71 Å². The van der Waals surface area contributed by atoms with E-state index in [9.17, 15) is 9.90 Å². The fraction of sp³-hybridized carbons (Fsp3) is 0.944. The number of nitrogens with zero attached hydrogens (tertiary/aromatic N) is 3. The summed E-state index contributed by atoms with van der Waals surface area (Å²) in [5, 5.41) is 18.5. The Morgan fingerprint density at radius 2 is 1.40 bits per heavy atom. The van der Waals surface area contributed by atoms with Gasteiger partial charge in [0.25, 0.3) is 0 Å². The van der Waals surface area contributed by atoms with E-state index in [-0.39, 0.29) is 5.92 Å². The molecule has 0 spiro atoms. The van der Waals surface area contributed by atoms with E-state index in [1.165, 1.54) is 103 Å². The van der Waals surface area contributed by atoms with Gasteiger partial charge in [0.1, 0.15) is 0 Å². The van der Waals surface area contributed by atoms with Gasteiger partial charge in [-0.15, -0.1) is 23.2 Å². The summed E-state index contributed by atoms with van der Waals surface area (Å²) < 4.78 is 0. The summed E-state index contributed by atoms with van der Waals surface area (Å²) in [6.45, 7) is 3.42. The van der Waals surface area contributed by atoms with Gasteiger partial charge < -0.3 is 10.0 Å². The summed E-state index contributed by atoms with van der Waals surface area (Å²) in [4.78, 5) is 14.3. The Bertz CT molecular complexity index is 959. The second kappa shape index (κ2) is 13.7. The third kappa shape index (κ3) is 7.09. The first-order valence-corrected chi connectivity index (χ1v) is 19.4. The zero-order valence-electron chi connectivity index (χ0n) is 26.4. The predicted molar refractivity (Wildman–Crippen MR) is 176 cm³/mol. The van der Waals surface area contributed by atoms with Crippen molar-refractivity contribution in [2.45, 2.75) is 145 Å². The van der Waals surface area contributed by atoms with Crippen LogP contribution in [0.3, 0.4) is 0 Å². The molecule has 5 saturated carbocycles. The highest BCUT2D eigenvalue weighted by Gasteiger charge is 2.51. The van der Waals surface area contributed by atoms with Crippen molar-refractivity contribution >= 4 is 34.9 Å². The van der Waals surface area contributed by atoms with Gasteiger partial charge in [0, 0.05) is 40.9 Å². The Morgan fingerprint density at radius 1 is 0.767 bits per heavy atom. The van der Waals surface area contributed by atoms with Crippen molar-refractivity contribution < 1.29 is 9.90 Å². The Kier molecular flexibility index (Phi) is 9.90. The van der Waals surface area contributed by atoms with Gasteiger partial charge in [-0.2, -0.15) is 5.10 Å². The van der Waals surface area contributed by atoms with Crippen LogP contribution >= 0.6 is 23.2 Å². The predicted octanol–water partition coefficient (Wildman–Crippen LogP) is 8.42. The summed E-state index contributed by atoms with van der Waals surface area (Å²) in [5.74, 6) is 4.59. The van der Waals surface area contributed by atoms with Crippen LogP contribution in [-0.2, 0) is 4.79 Å². The number of piperidine rings is 1. The van der Waals surface area contributed by atoms with Crippen LogP contribution in [0.4, 0.5) is 0 Å². The first-order valence-electron chi connectivity index (χ1n) is 18.5. The molecule has 7 aliphatic rings. The van der Waals surface area contributed by atoms with E-state index in [0.29, 0.717) is 40.6 Å². The molecule has 43 heavy (non-hydrogen) atoms. The lowest BCUT2D eigenvalue weighted by atomic mass is 9.59. The number of aliphatic carboxylic acids is 1. The fourth-order valence-electron chi connectivity index (χ4n) is 11.1. The molecule has 5 nitrogen and oxygen atoms in total. The number of carbonyl (C=O) groups is 1. The second-order valence-corrected chi connectivity index (χ2v) is 17.4. The van der Waals surface area contributed by atoms with Gasteiger partial charge in [-0.25, -0.2) is 0 Å². The molecule has 5 atom stereocenters. The SMILES string of the molecule is O=C(O)C1CCCC(CN2CCC(C3=NN(C4CC4)C4CCC(C(C5CCC(Cl)CC5)C5CCC(Cl)CC5)CC34)CC2)C1. The lowest BCUT2D eigenvalue weighted by molar-refractivity contribution is -0.143. The number of hydrogen-bond donors (Lipinski definition) is 1. The van der Waals surface area contributed by atoms with Crippen molar-refractivity contribution in [2.24, 2.45) is 52.4 Å². The number of hydrazone groups is 1. The summed E-state index contributed by atoms with van der Waals surface area (Å²) in [6, 6.07) is 1.37. The van der Waals surface area contributed by atoms with Gasteiger partial charge in [0.2, 0.25) is 0 Å². The first-order chi connectivity index (χ1) is 20.9. The molecule has 5 aliphatic carbocycles. The Hall–Kier alpha value is -0.520. The summed E-state index contributed by atoms with van der Waals surface area (Å²) in [7, 11) is 0. The minimum absolute atomic E-state index is 0.118. The van der Waals surface area contributed by atoms with E-state index in [1.807, 2.05) is 0 Å². The average molecular weight is 635 g/mol. The third-order valence-corrected chi connectivity index (χ3v) is 14.3. The molecule has 0 aromatic rings. The van der Waals surface area contributed by atoms with Gasteiger partial charge in [0.05, 0.1) is 12.0 Å². The van der Waals surface area contributed by atoms with E-state index >= 15 is 0 Å². The molecular formula is C36H57Cl2N3O2. The lowest BCUT2D eigenvalue weighted by Crippen LogP contribution is -2.46. The number of alkyl halides is 2. The molecule has 242 valence electrons. The van der Waals surface area contributed by atoms with Crippen LogP contribution in [0.5, 0.6) is 0 Å². The van der Waals surface area contributed by atoms with Crippen molar-refractivity contribution in [3.63, 3.8) is 0 Å². The Labute approximate surface area is 270 Å². The Morgan fingerprint density at radius 3 is 2.00 bits per heavy atom. The molecule has 6 fully saturated rings. The van der Waals surface area contributed by atoms with Gasteiger partial charge in [-0.05, 0) is 158 Å². The molecule has 7 heteroatoms. The highest BCUT2D eigenvalue weighted by Crippen LogP contribution is 2.52. The quantitative estimate of drug-likeness (QED) is 0.273. The van der Waals surface area contributed by atoms with E-state index in [2.05, 4.69) is 9.91 Å². The van der Waals surface area contributed by atoms with Crippen LogP contribution in [0, 0.1) is 47.3 Å². The lowest BCUT2D eigenvalue weighted by Gasteiger charge is -2.47. The van der Waals surface area contributed by atoms with Crippen molar-refractivity contribution in [3.05, 3.63) is 0 Å². The maximum absolute atomic E-state index is 11.6. The number of carboxylic acids is 1. The summed E-state index contributed by atoms with van der Waals surface area (Å²) >= 11 is 13.2. The molecular weight excluding hydrogens is 577 g/mol. The van der Waals surface area contributed by atoms with E-state index in [4.69, 9.17) is 28.3 Å². The maximum Gasteiger partial charge on any atom is 0.306 e. The average Bonchev–Trinajstić information content (AvgIpc) is 3.80. The van der Waals surface area contributed by atoms with E-state index in [0.717, 1.165) is 62.6 Å². The largest absolute Gasteiger partial charge is 0.481 e. The molecule has 0 aromatic heterocycles. The van der Waals surface area contributed by atoms with Crippen LogP contribution in [0.1, 0.15) is 122 Å². The fourth-order valence-corrected chi connectivity index (χ4v) is 11.6. The molecule has 0 aromatic carbocycles. The minimum atomic E-state index is -0.580. The van der Waals surface area contributed by atoms with Crippen LogP contribution in [0.15, 0.2) is 5.10 Å². The monoisotopic (exact) mass is 633 g/mol. The highest BCUT2D eigenvalue weighted by molar-refractivity contribution is 6.20. The third-order valence-electron chi connectivity index (χ3n) is 13.4. The van der Waals surface area contributed by atoms with Crippen LogP contribution < -0.4 is 0 Å². The normalized spacial score (nSPS) is 42.3. The molecule has 5 unspecified atom stereocenters. The van der Waals surface area contributed by atoms with Gasteiger partial charge in [-0.3, -0.25) is 9.80 Å². The maximum atomic E-state index is 11.6. The molecule has 0 amide bonds. The topological polar surface area (TPSA) is 56.1 Å². The number of halogens is 2. The highest BCUT2D eigenvalue weighted by atomic mass is 35.5. The minimum Gasteiger partial charge on any atom is -0.481 e. The van der Waals surface area contributed by atoms with Crippen LogP contribution in [0.25, 0.3) is 0 Å². The molecule has 0 radical (unpaired) electrons. The van der Waals surface area contributed by atoms with Crippen molar-refractivity contribution in [2.75, 3.05) is 19.6 Å². The first kappa shape index (κ1) is 31.1.